The summed E-state index contributed by atoms with van der Waals surface area (Å²) in [6, 6.07) is 21.2. The van der Waals surface area contributed by atoms with Crippen molar-refractivity contribution in [3.63, 3.8) is 0 Å². The number of halogens is 1. The average molecular weight is 439 g/mol. The molecule has 3 aromatic carbocycles. The number of carbonyl (C=O) groups is 2. The Labute approximate surface area is 172 Å². The maximum absolute atomic E-state index is 12.4. The van der Waals surface area contributed by atoms with Crippen LogP contribution in [0.2, 0.25) is 0 Å². The van der Waals surface area contributed by atoms with Crippen molar-refractivity contribution >= 4 is 27.7 Å². The van der Waals surface area contributed by atoms with Crippen molar-refractivity contribution in [1.29, 1.82) is 0 Å². The summed E-state index contributed by atoms with van der Waals surface area (Å²) in [5.74, 6) is 0.340. The minimum Gasteiger partial charge on any atom is -0.481 e. The van der Waals surface area contributed by atoms with Crippen LogP contribution in [0, 0.1) is 0 Å². The summed E-state index contributed by atoms with van der Waals surface area (Å²) in [5.41, 5.74) is 2.31. The maximum atomic E-state index is 12.4. The molecule has 5 heteroatoms. The molecule has 0 aliphatic heterocycles. The molecule has 0 N–H and O–H groups in total. The van der Waals surface area contributed by atoms with Crippen LogP contribution in [0.3, 0.4) is 0 Å². The Bertz CT molecular complexity index is 966. The number of benzene rings is 3. The van der Waals surface area contributed by atoms with E-state index in [9.17, 15) is 9.59 Å². The highest BCUT2D eigenvalue weighted by Crippen LogP contribution is 2.26. The van der Waals surface area contributed by atoms with Gasteiger partial charge in [-0.25, -0.2) is 4.79 Å². The highest BCUT2D eigenvalue weighted by atomic mass is 79.9. The third kappa shape index (κ3) is 5.08. The molecule has 0 spiro atoms. The number of hydrogen-bond acceptors (Lipinski definition) is 4. The number of carbonyl (C=O) groups excluding carboxylic acids is 2. The zero-order valence-electron chi connectivity index (χ0n) is 15.4. The second-order valence-electron chi connectivity index (χ2n) is 6.10. The molecule has 0 saturated heterocycles. The molecule has 0 aliphatic carbocycles. The molecule has 142 valence electrons. The van der Waals surface area contributed by atoms with Crippen LogP contribution in [0.4, 0.5) is 0 Å². The minimum atomic E-state index is -0.520. The van der Waals surface area contributed by atoms with Gasteiger partial charge in [0.15, 0.2) is 12.4 Å². The van der Waals surface area contributed by atoms with E-state index in [0.29, 0.717) is 22.6 Å². The van der Waals surface area contributed by atoms with Gasteiger partial charge in [0.25, 0.3) is 0 Å². The molecular weight excluding hydrogens is 420 g/mol. The predicted molar refractivity (Wildman–Crippen MR) is 111 cm³/mol. The number of aryl methyl sites for hydroxylation is 1. The van der Waals surface area contributed by atoms with E-state index in [-0.39, 0.29) is 12.4 Å². The predicted octanol–water partition coefficient (Wildman–Crippen LogP) is 5.23. The first-order valence-electron chi connectivity index (χ1n) is 8.88. The number of esters is 1. The van der Waals surface area contributed by atoms with Gasteiger partial charge >= 0.3 is 5.97 Å². The van der Waals surface area contributed by atoms with Crippen molar-refractivity contribution in [2.24, 2.45) is 0 Å². The van der Waals surface area contributed by atoms with E-state index in [1.807, 2.05) is 36.4 Å². The lowest BCUT2D eigenvalue weighted by Crippen LogP contribution is -2.18. The molecule has 0 amide bonds. The van der Waals surface area contributed by atoms with Gasteiger partial charge in [-0.1, -0.05) is 43.3 Å². The van der Waals surface area contributed by atoms with Crippen molar-refractivity contribution in [2.45, 2.75) is 13.3 Å². The fourth-order valence-corrected chi connectivity index (χ4v) is 3.15. The fraction of sp³-hybridized carbons (Fsp3) is 0.130. The molecule has 3 rings (SSSR count). The van der Waals surface area contributed by atoms with Crippen molar-refractivity contribution in [3.8, 4) is 11.5 Å². The lowest BCUT2D eigenvalue weighted by molar-refractivity contribution is -0.136. The summed E-state index contributed by atoms with van der Waals surface area (Å²) in [4.78, 5) is 24.4. The second kappa shape index (κ2) is 9.33. The van der Waals surface area contributed by atoms with E-state index in [1.54, 1.807) is 36.4 Å². The van der Waals surface area contributed by atoms with Gasteiger partial charge in [0.05, 0.1) is 4.47 Å². The normalized spacial score (nSPS) is 10.4. The number of rotatable bonds is 7. The summed E-state index contributed by atoms with van der Waals surface area (Å²) < 4.78 is 11.6. The van der Waals surface area contributed by atoms with Crippen LogP contribution in [-0.4, -0.2) is 18.4 Å². The molecule has 0 saturated carbocycles. The van der Waals surface area contributed by atoms with Gasteiger partial charge in [-0.2, -0.15) is 0 Å². The number of ether oxygens (including phenoxy) is 2. The molecule has 0 aliphatic rings. The van der Waals surface area contributed by atoms with Gasteiger partial charge < -0.3 is 9.47 Å². The van der Waals surface area contributed by atoms with Crippen molar-refractivity contribution < 1.29 is 19.1 Å². The summed E-state index contributed by atoms with van der Waals surface area (Å²) >= 11 is 3.44. The summed E-state index contributed by atoms with van der Waals surface area (Å²) in [6.07, 6.45) is 0.920. The summed E-state index contributed by atoms with van der Waals surface area (Å²) in [5, 5.41) is 0. The quantitative estimate of drug-likeness (QED) is 0.288. The molecule has 0 radical (unpaired) electrons. The minimum absolute atomic E-state index is 0.0813. The lowest BCUT2D eigenvalue weighted by atomic mass is 10.0. The van der Waals surface area contributed by atoms with E-state index < -0.39 is 5.97 Å². The van der Waals surface area contributed by atoms with Crippen LogP contribution in [0.15, 0.2) is 77.3 Å². The molecule has 4 nitrogen and oxygen atoms in total. The van der Waals surface area contributed by atoms with E-state index in [2.05, 4.69) is 22.9 Å². The molecule has 0 heterocycles. The Morgan fingerprint density at radius 3 is 2.21 bits per heavy atom. The Morgan fingerprint density at radius 2 is 1.57 bits per heavy atom. The van der Waals surface area contributed by atoms with E-state index in [0.717, 1.165) is 10.9 Å². The van der Waals surface area contributed by atoms with Gasteiger partial charge in [-0.15, -0.1) is 0 Å². The smallest absolute Gasteiger partial charge is 0.349 e. The van der Waals surface area contributed by atoms with E-state index in [1.165, 1.54) is 5.56 Å². The summed E-state index contributed by atoms with van der Waals surface area (Å²) in [6.45, 7) is 1.85. The standard InChI is InChI=1S/C23H19BrO4/c1-2-16-8-13-21(20(24)14-16)27-15-22(25)28-19-11-9-18(10-12-19)23(26)17-6-4-3-5-7-17/h3-14H,2,15H2,1H3. The first-order chi connectivity index (χ1) is 13.6. The van der Waals surface area contributed by atoms with Gasteiger partial charge in [0.1, 0.15) is 11.5 Å². The van der Waals surface area contributed by atoms with E-state index in [4.69, 9.17) is 9.47 Å². The molecule has 0 atom stereocenters. The molecule has 3 aromatic rings. The SMILES string of the molecule is CCc1ccc(OCC(=O)Oc2ccc(C(=O)c3ccccc3)cc2)c(Br)c1. The van der Waals surface area contributed by atoms with Gasteiger partial charge in [-0.05, 0) is 64.3 Å². The summed E-state index contributed by atoms with van der Waals surface area (Å²) in [7, 11) is 0. The number of hydrogen-bond donors (Lipinski definition) is 0. The monoisotopic (exact) mass is 438 g/mol. The second-order valence-corrected chi connectivity index (χ2v) is 6.95. The zero-order chi connectivity index (χ0) is 19.9. The zero-order valence-corrected chi connectivity index (χ0v) is 16.9. The van der Waals surface area contributed by atoms with Crippen molar-refractivity contribution in [3.05, 3.63) is 94.0 Å². The van der Waals surface area contributed by atoms with Crippen molar-refractivity contribution in [1.82, 2.24) is 0 Å². The topological polar surface area (TPSA) is 52.6 Å². The molecule has 0 bridgehead atoms. The first-order valence-corrected chi connectivity index (χ1v) is 9.68. The van der Waals surface area contributed by atoms with Crippen LogP contribution < -0.4 is 9.47 Å². The largest absolute Gasteiger partial charge is 0.481 e. The molecule has 0 fully saturated rings. The Hall–Kier alpha value is -2.92. The fourth-order valence-electron chi connectivity index (χ4n) is 2.61. The molecule has 28 heavy (non-hydrogen) atoms. The number of ketones is 1. The highest BCUT2D eigenvalue weighted by Gasteiger charge is 2.11. The van der Waals surface area contributed by atoms with Crippen molar-refractivity contribution in [2.75, 3.05) is 6.61 Å². The molecule has 0 unspecified atom stereocenters. The van der Waals surface area contributed by atoms with Crippen LogP contribution in [0.25, 0.3) is 0 Å². The third-order valence-corrected chi connectivity index (χ3v) is 4.75. The van der Waals surface area contributed by atoms with Gasteiger partial charge in [0, 0.05) is 11.1 Å². The molecular formula is C23H19BrO4. The van der Waals surface area contributed by atoms with Gasteiger partial charge in [-0.3, -0.25) is 4.79 Å². The lowest BCUT2D eigenvalue weighted by Gasteiger charge is -2.09. The average Bonchev–Trinajstić information content (AvgIpc) is 2.73. The highest BCUT2D eigenvalue weighted by molar-refractivity contribution is 9.10. The van der Waals surface area contributed by atoms with Crippen LogP contribution in [0.1, 0.15) is 28.4 Å². The third-order valence-electron chi connectivity index (χ3n) is 4.13. The van der Waals surface area contributed by atoms with Gasteiger partial charge in [0.2, 0.25) is 0 Å². The maximum Gasteiger partial charge on any atom is 0.349 e. The first kappa shape index (κ1) is 19.8. The Morgan fingerprint density at radius 1 is 0.893 bits per heavy atom. The van der Waals surface area contributed by atoms with Crippen LogP contribution >= 0.6 is 15.9 Å². The Kier molecular flexibility index (Phi) is 6.61. The van der Waals surface area contributed by atoms with E-state index >= 15 is 0 Å². The van der Waals surface area contributed by atoms with Crippen LogP contribution in [-0.2, 0) is 11.2 Å². The Balaban J connectivity index is 1.56. The van der Waals surface area contributed by atoms with Crippen LogP contribution in [0.5, 0.6) is 11.5 Å². The molecule has 0 aromatic heterocycles.